The number of aromatic nitrogens is 5. The van der Waals surface area contributed by atoms with Gasteiger partial charge in [-0.3, -0.25) is 9.69 Å². The molecule has 2 aromatic heterocycles. The van der Waals surface area contributed by atoms with E-state index < -0.39 is 12.0 Å². The molecule has 0 radical (unpaired) electrons. The summed E-state index contributed by atoms with van der Waals surface area (Å²) in [5.74, 6) is 0.0883. The minimum Gasteiger partial charge on any atom is -0.410 e. The van der Waals surface area contributed by atoms with Gasteiger partial charge in [0.1, 0.15) is 5.75 Å². The Hall–Kier alpha value is -4.33. The van der Waals surface area contributed by atoms with Crippen molar-refractivity contribution < 1.29 is 19.0 Å². The van der Waals surface area contributed by atoms with Crippen LogP contribution in [0.5, 0.6) is 5.75 Å². The number of amides is 2. The molecule has 1 aliphatic heterocycles. The summed E-state index contributed by atoms with van der Waals surface area (Å²) in [5, 5.41) is 19.6. The Kier molecular flexibility index (Phi) is 8.63. The Balaban J connectivity index is 1.46. The molecule has 1 aromatic carbocycles. The van der Waals surface area contributed by atoms with Crippen molar-refractivity contribution in [2.24, 2.45) is 5.10 Å². The molecule has 3 aromatic rings. The van der Waals surface area contributed by atoms with E-state index in [9.17, 15) is 9.59 Å². The zero-order valence-corrected chi connectivity index (χ0v) is 21.7. The summed E-state index contributed by atoms with van der Waals surface area (Å²) in [4.78, 5) is 29.0. The second kappa shape index (κ2) is 12.3. The van der Waals surface area contributed by atoms with E-state index in [2.05, 4.69) is 43.0 Å². The number of benzene rings is 1. The normalized spacial score (nSPS) is 16.0. The van der Waals surface area contributed by atoms with E-state index in [0.717, 1.165) is 25.8 Å². The van der Waals surface area contributed by atoms with E-state index in [-0.39, 0.29) is 17.3 Å². The number of carbonyl (C=O) groups is 2. The van der Waals surface area contributed by atoms with Crippen LogP contribution in [0.2, 0.25) is 0 Å². The first-order valence-corrected chi connectivity index (χ1v) is 12.6. The summed E-state index contributed by atoms with van der Waals surface area (Å²) in [6.07, 6.45) is 4.36. The third-order valence-corrected chi connectivity index (χ3v) is 6.45. The number of hydrogen-bond donors (Lipinski definition) is 2. The zero-order valence-electron chi connectivity index (χ0n) is 21.7. The number of carbonyl (C=O) groups excluding carboxylic acids is 2. The van der Waals surface area contributed by atoms with Crippen molar-refractivity contribution in [1.29, 1.82) is 0 Å². The van der Waals surface area contributed by atoms with Gasteiger partial charge in [0.15, 0.2) is 5.69 Å². The van der Waals surface area contributed by atoms with Crippen molar-refractivity contribution in [1.82, 2.24) is 40.5 Å². The molecule has 14 heteroatoms. The molecule has 38 heavy (non-hydrogen) atoms. The zero-order chi connectivity index (χ0) is 27.1. The van der Waals surface area contributed by atoms with Crippen LogP contribution in [0.3, 0.4) is 0 Å². The first-order valence-electron chi connectivity index (χ1n) is 12.6. The molecule has 2 amide bonds. The van der Waals surface area contributed by atoms with Gasteiger partial charge in [-0.1, -0.05) is 11.6 Å². The Bertz CT molecular complexity index is 1270. The second-order valence-corrected chi connectivity index (χ2v) is 8.89. The Morgan fingerprint density at radius 3 is 2.66 bits per heavy atom. The molecule has 0 aliphatic carbocycles. The highest BCUT2D eigenvalue weighted by Crippen LogP contribution is 2.23. The summed E-state index contributed by atoms with van der Waals surface area (Å²) in [7, 11) is 0. The minimum absolute atomic E-state index is 0.0408. The van der Waals surface area contributed by atoms with Gasteiger partial charge in [0, 0.05) is 25.7 Å². The maximum absolute atomic E-state index is 13.0. The molecule has 4 rings (SSSR count). The van der Waals surface area contributed by atoms with Crippen LogP contribution in [0, 0.1) is 0 Å². The van der Waals surface area contributed by atoms with E-state index in [4.69, 9.17) is 15.1 Å². The molecule has 1 aliphatic rings. The van der Waals surface area contributed by atoms with Gasteiger partial charge < -0.3 is 15.4 Å². The smallest absolute Gasteiger partial charge is 0.410 e. The summed E-state index contributed by atoms with van der Waals surface area (Å²) in [5.41, 5.74) is 9.67. The number of ether oxygens (including phenoxy) is 1. The highest BCUT2D eigenvalue weighted by molar-refractivity contribution is 5.94. The van der Waals surface area contributed by atoms with Crippen molar-refractivity contribution in [3.63, 3.8) is 0 Å². The highest BCUT2D eigenvalue weighted by atomic mass is 16.6. The number of anilines is 1. The van der Waals surface area contributed by atoms with Crippen LogP contribution in [0.4, 0.5) is 10.6 Å². The first-order chi connectivity index (χ1) is 18.4. The number of likely N-dealkylation sites (tertiary alicyclic amines) is 1. The molecule has 0 unspecified atom stereocenters. The van der Waals surface area contributed by atoms with Gasteiger partial charge in [-0.25, -0.2) is 14.8 Å². The van der Waals surface area contributed by atoms with Gasteiger partial charge in [-0.15, -0.1) is 5.10 Å². The van der Waals surface area contributed by atoms with Crippen molar-refractivity contribution in [3.8, 4) is 11.6 Å². The largest absolute Gasteiger partial charge is 0.415 e. The van der Waals surface area contributed by atoms with Crippen LogP contribution in [0.15, 0.2) is 34.0 Å². The fourth-order valence-corrected chi connectivity index (χ4v) is 4.20. The van der Waals surface area contributed by atoms with Crippen molar-refractivity contribution in [3.05, 3.63) is 41.2 Å². The Morgan fingerprint density at radius 1 is 1.24 bits per heavy atom. The molecule has 1 fully saturated rings. The fraction of sp³-hybridized carbons (Fsp3) is 0.458. The SMILES string of the molecule is CCN(CC)C(=O)Oc1ccc(/C=N/NC(=O)c2nnn(-c3nonc3N)c2CN2CCCC[C@H]2C)cc1. The standard InChI is InChI=1S/C24H32N10O4/c1-4-32(5-2)24(36)37-18-11-9-17(10-12-18)14-26-28-23(35)20-19(15-33-13-7-6-8-16(33)3)34(31-27-20)22-21(25)29-38-30-22/h9-12,14,16H,4-8,13,15H2,1-3H3,(H2,25,29)(H,28,35)/b26-14+/t16-/m1/s1. The first kappa shape index (κ1) is 26.7. The molecule has 3 N–H and O–H groups in total. The van der Waals surface area contributed by atoms with Crippen LogP contribution >= 0.6 is 0 Å². The van der Waals surface area contributed by atoms with E-state index >= 15 is 0 Å². The molecule has 202 valence electrons. The van der Waals surface area contributed by atoms with E-state index in [1.54, 1.807) is 29.2 Å². The lowest BCUT2D eigenvalue weighted by Crippen LogP contribution is -2.38. The van der Waals surface area contributed by atoms with Crippen LogP contribution in [0.1, 0.15) is 61.8 Å². The Labute approximate surface area is 219 Å². The maximum Gasteiger partial charge on any atom is 0.415 e. The van der Waals surface area contributed by atoms with Crippen molar-refractivity contribution in [2.75, 3.05) is 25.4 Å². The predicted molar refractivity (Wildman–Crippen MR) is 138 cm³/mol. The number of nitrogens with zero attached hydrogens (tertiary/aromatic N) is 8. The van der Waals surface area contributed by atoms with Gasteiger partial charge in [0.25, 0.3) is 5.91 Å². The van der Waals surface area contributed by atoms with Crippen LogP contribution < -0.4 is 15.9 Å². The fourth-order valence-electron chi connectivity index (χ4n) is 4.20. The lowest BCUT2D eigenvalue weighted by Gasteiger charge is -2.33. The molecular weight excluding hydrogens is 492 g/mol. The molecule has 0 saturated carbocycles. The average molecular weight is 525 g/mol. The van der Waals surface area contributed by atoms with Crippen LogP contribution in [-0.4, -0.2) is 79.0 Å². The molecule has 1 atom stereocenters. The van der Waals surface area contributed by atoms with E-state index in [1.165, 1.54) is 10.9 Å². The van der Waals surface area contributed by atoms with E-state index in [1.807, 2.05) is 13.8 Å². The molecule has 3 heterocycles. The number of nitrogens with one attached hydrogen (secondary N) is 1. The molecule has 1 saturated heterocycles. The van der Waals surface area contributed by atoms with Crippen LogP contribution in [0.25, 0.3) is 5.82 Å². The lowest BCUT2D eigenvalue weighted by atomic mass is 10.0. The van der Waals surface area contributed by atoms with E-state index in [0.29, 0.717) is 42.7 Å². The molecule has 14 nitrogen and oxygen atoms in total. The van der Waals surface area contributed by atoms with Gasteiger partial charge in [-0.05, 0) is 80.3 Å². The monoisotopic (exact) mass is 524 g/mol. The quantitative estimate of drug-likeness (QED) is 0.312. The Morgan fingerprint density at radius 2 is 2.00 bits per heavy atom. The highest BCUT2D eigenvalue weighted by Gasteiger charge is 2.28. The van der Waals surface area contributed by atoms with Crippen molar-refractivity contribution >= 4 is 24.0 Å². The van der Waals surface area contributed by atoms with Gasteiger partial charge in [-0.2, -0.15) is 9.78 Å². The number of nitrogen functional groups attached to an aromatic ring is 1. The van der Waals surface area contributed by atoms with Gasteiger partial charge in [0.05, 0.1) is 11.9 Å². The number of hydrazone groups is 1. The second-order valence-electron chi connectivity index (χ2n) is 8.89. The topological polar surface area (TPSA) is 170 Å². The summed E-state index contributed by atoms with van der Waals surface area (Å²) >= 11 is 0. The predicted octanol–water partition coefficient (Wildman–Crippen LogP) is 2.21. The maximum atomic E-state index is 13.0. The average Bonchev–Trinajstić information content (AvgIpc) is 3.52. The third-order valence-electron chi connectivity index (χ3n) is 6.45. The van der Waals surface area contributed by atoms with Gasteiger partial charge >= 0.3 is 6.09 Å². The summed E-state index contributed by atoms with van der Waals surface area (Å²) in [6, 6.07) is 7.10. The summed E-state index contributed by atoms with van der Waals surface area (Å²) in [6.45, 7) is 8.36. The minimum atomic E-state index is -0.535. The molecular formula is C24H32N10O4. The van der Waals surface area contributed by atoms with Crippen molar-refractivity contribution in [2.45, 2.75) is 52.6 Å². The number of rotatable bonds is 9. The lowest BCUT2D eigenvalue weighted by molar-refractivity contribution is 0.0945. The number of piperidine rings is 1. The number of nitrogens with two attached hydrogens (primary N) is 1. The van der Waals surface area contributed by atoms with Crippen LogP contribution in [-0.2, 0) is 6.54 Å². The van der Waals surface area contributed by atoms with Gasteiger partial charge in [0.2, 0.25) is 11.6 Å². The molecule has 0 spiro atoms. The number of hydrogen-bond acceptors (Lipinski definition) is 11. The summed E-state index contributed by atoms with van der Waals surface area (Å²) < 4.78 is 11.5. The third kappa shape index (κ3) is 6.14. The molecule has 0 bridgehead atoms.